The van der Waals surface area contributed by atoms with Crippen LogP contribution in [0, 0.1) is 0 Å². The molecule has 0 bridgehead atoms. The third-order valence-electron chi connectivity index (χ3n) is 6.42. The van der Waals surface area contributed by atoms with E-state index in [4.69, 9.17) is 15.2 Å². The summed E-state index contributed by atoms with van der Waals surface area (Å²) in [6, 6.07) is 24.0. The van der Waals surface area contributed by atoms with Gasteiger partial charge in [0.1, 0.15) is 23.0 Å². The van der Waals surface area contributed by atoms with Gasteiger partial charge in [0.25, 0.3) is 0 Å². The minimum atomic E-state index is -0.156. The summed E-state index contributed by atoms with van der Waals surface area (Å²) in [5, 5.41) is 3.32. The van der Waals surface area contributed by atoms with E-state index in [0.717, 1.165) is 35.1 Å². The first-order chi connectivity index (χ1) is 15.8. The SMILES string of the molecule is CN[C@@]1(C)C=CC(Oc2ccc(C(C)(C)c3ccc(Oc4ccc(N)cc4)cc3)cc2)=CC1. The fourth-order valence-electron chi connectivity index (χ4n) is 3.83. The first kappa shape index (κ1) is 22.7. The van der Waals surface area contributed by atoms with E-state index in [0.29, 0.717) is 0 Å². The minimum absolute atomic E-state index is 0.00354. The number of nitrogens with one attached hydrogen (secondary N) is 1. The van der Waals surface area contributed by atoms with Gasteiger partial charge in [0.2, 0.25) is 0 Å². The molecule has 4 rings (SSSR count). The predicted octanol–water partition coefficient (Wildman–Crippen LogP) is 6.59. The molecule has 4 heteroatoms. The number of allylic oxidation sites excluding steroid dienone is 1. The van der Waals surface area contributed by atoms with Gasteiger partial charge in [-0.05, 0) is 92.2 Å². The number of ether oxygens (including phenoxy) is 2. The van der Waals surface area contributed by atoms with Crippen LogP contribution < -0.4 is 20.5 Å². The van der Waals surface area contributed by atoms with Gasteiger partial charge in [-0.3, -0.25) is 0 Å². The van der Waals surface area contributed by atoms with Gasteiger partial charge in [0.05, 0.1) is 0 Å². The Balaban J connectivity index is 1.43. The largest absolute Gasteiger partial charge is 0.458 e. The van der Waals surface area contributed by atoms with Crippen LogP contribution >= 0.6 is 0 Å². The Labute approximate surface area is 196 Å². The molecule has 1 aliphatic rings. The average molecular weight is 441 g/mol. The summed E-state index contributed by atoms with van der Waals surface area (Å²) in [6.45, 7) is 6.62. The normalized spacial score (nSPS) is 18.0. The number of nitrogen functional groups attached to an aromatic ring is 1. The van der Waals surface area contributed by atoms with E-state index < -0.39 is 0 Å². The van der Waals surface area contributed by atoms with Gasteiger partial charge >= 0.3 is 0 Å². The van der Waals surface area contributed by atoms with Crippen molar-refractivity contribution in [1.82, 2.24) is 5.32 Å². The Morgan fingerprint density at radius 3 is 1.73 bits per heavy atom. The second kappa shape index (κ2) is 9.16. The van der Waals surface area contributed by atoms with Gasteiger partial charge in [-0.25, -0.2) is 0 Å². The van der Waals surface area contributed by atoms with Crippen molar-refractivity contribution >= 4 is 5.69 Å². The zero-order chi connectivity index (χ0) is 23.5. The quantitative estimate of drug-likeness (QED) is 0.407. The Kier molecular flexibility index (Phi) is 6.30. The third kappa shape index (κ3) is 5.29. The van der Waals surface area contributed by atoms with E-state index in [1.807, 2.05) is 61.7 Å². The van der Waals surface area contributed by atoms with Gasteiger partial charge in [-0.2, -0.15) is 0 Å². The molecule has 0 spiro atoms. The molecule has 3 aromatic carbocycles. The monoisotopic (exact) mass is 440 g/mol. The molecule has 0 fully saturated rings. The van der Waals surface area contributed by atoms with E-state index in [1.165, 1.54) is 11.1 Å². The van der Waals surface area contributed by atoms with Crippen molar-refractivity contribution < 1.29 is 9.47 Å². The number of nitrogens with two attached hydrogens (primary N) is 1. The van der Waals surface area contributed by atoms with Crippen molar-refractivity contribution in [1.29, 1.82) is 0 Å². The highest BCUT2D eigenvalue weighted by Crippen LogP contribution is 2.34. The Morgan fingerprint density at radius 1 is 0.788 bits per heavy atom. The lowest BCUT2D eigenvalue weighted by molar-refractivity contribution is 0.414. The lowest BCUT2D eigenvalue weighted by Crippen LogP contribution is -2.38. The zero-order valence-corrected chi connectivity index (χ0v) is 19.8. The maximum atomic E-state index is 6.07. The zero-order valence-electron chi connectivity index (χ0n) is 19.8. The van der Waals surface area contributed by atoms with E-state index >= 15 is 0 Å². The third-order valence-corrected chi connectivity index (χ3v) is 6.42. The predicted molar refractivity (Wildman–Crippen MR) is 136 cm³/mol. The highest BCUT2D eigenvalue weighted by Gasteiger charge is 2.24. The second-order valence-electron chi connectivity index (χ2n) is 9.26. The van der Waals surface area contributed by atoms with Crippen LogP contribution in [-0.4, -0.2) is 12.6 Å². The molecule has 170 valence electrons. The van der Waals surface area contributed by atoms with Gasteiger partial charge in [0, 0.05) is 16.6 Å². The molecule has 0 aromatic heterocycles. The van der Waals surface area contributed by atoms with Crippen LogP contribution in [0.25, 0.3) is 0 Å². The maximum Gasteiger partial charge on any atom is 0.127 e. The molecule has 3 N–H and O–H groups in total. The Morgan fingerprint density at radius 2 is 1.27 bits per heavy atom. The molecular formula is C29H32N2O2. The Hall–Kier alpha value is -3.50. The van der Waals surface area contributed by atoms with Crippen LogP contribution in [0.1, 0.15) is 38.3 Å². The van der Waals surface area contributed by atoms with Crippen LogP contribution in [0.15, 0.2) is 96.8 Å². The van der Waals surface area contributed by atoms with Crippen molar-refractivity contribution in [3.63, 3.8) is 0 Å². The molecule has 0 saturated heterocycles. The van der Waals surface area contributed by atoms with E-state index in [1.54, 1.807) is 0 Å². The highest BCUT2D eigenvalue weighted by atomic mass is 16.5. The summed E-state index contributed by atoms with van der Waals surface area (Å²) < 4.78 is 12.0. The van der Waals surface area contributed by atoms with E-state index in [-0.39, 0.29) is 11.0 Å². The molecule has 1 atom stereocenters. The summed E-state index contributed by atoms with van der Waals surface area (Å²) in [6.07, 6.45) is 7.22. The fraction of sp³-hybridized carbons (Fsp3) is 0.241. The molecule has 0 saturated carbocycles. The van der Waals surface area contributed by atoms with Gasteiger partial charge in [-0.15, -0.1) is 0 Å². The van der Waals surface area contributed by atoms with E-state index in [9.17, 15) is 0 Å². The summed E-state index contributed by atoms with van der Waals surface area (Å²) in [7, 11) is 1.98. The van der Waals surface area contributed by atoms with Crippen LogP contribution in [0.5, 0.6) is 17.2 Å². The van der Waals surface area contributed by atoms with Crippen molar-refractivity contribution in [2.24, 2.45) is 0 Å². The van der Waals surface area contributed by atoms with Crippen LogP contribution in [0.4, 0.5) is 5.69 Å². The number of anilines is 1. The minimum Gasteiger partial charge on any atom is -0.458 e. The summed E-state index contributed by atoms with van der Waals surface area (Å²) in [4.78, 5) is 0. The summed E-state index contributed by atoms with van der Waals surface area (Å²) >= 11 is 0. The van der Waals surface area contributed by atoms with Crippen molar-refractivity contribution in [2.75, 3.05) is 12.8 Å². The van der Waals surface area contributed by atoms with Crippen molar-refractivity contribution in [2.45, 2.75) is 38.1 Å². The molecule has 33 heavy (non-hydrogen) atoms. The molecular weight excluding hydrogens is 408 g/mol. The maximum absolute atomic E-state index is 6.07. The molecule has 0 aliphatic heterocycles. The standard InChI is InChI=1S/C29H32N2O2/c1-28(2,21-5-11-24(12-6-21)32-26-15-9-23(30)10-16-26)22-7-13-25(14-8-22)33-27-17-19-29(3,31-4)20-18-27/h5-19,31H,20,30H2,1-4H3/t29-/m0/s1. The molecule has 0 unspecified atom stereocenters. The highest BCUT2D eigenvalue weighted by molar-refractivity contribution is 5.45. The Bertz CT molecular complexity index is 1140. The average Bonchev–Trinajstić information content (AvgIpc) is 2.83. The molecule has 1 aliphatic carbocycles. The second-order valence-corrected chi connectivity index (χ2v) is 9.26. The molecule has 0 radical (unpaired) electrons. The number of likely N-dealkylation sites (N-methyl/N-ethyl adjacent to an activating group) is 1. The first-order valence-corrected chi connectivity index (χ1v) is 11.3. The van der Waals surface area contributed by atoms with E-state index in [2.05, 4.69) is 62.5 Å². The summed E-state index contributed by atoms with van der Waals surface area (Å²) in [5.41, 5.74) is 8.74. The molecule has 0 amide bonds. The lowest BCUT2D eigenvalue weighted by atomic mass is 9.78. The van der Waals surface area contributed by atoms with Crippen LogP contribution in [0.3, 0.4) is 0 Å². The number of benzene rings is 3. The molecule has 4 nitrogen and oxygen atoms in total. The van der Waals surface area contributed by atoms with Gasteiger partial charge < -0.3 is 20.5 Å². The topological polar surface area (TPSA) is 56.5 Å². The van der Waals surface area contributed by atoms with Crippen LogP contribution in [-0.2, 0) is 5.41 Å². The molecule has 3 aromatic rings. The van der Waals surface area contributed by atoms with Gasteiger partial charge in [-0.1, -0.05) is 44.2 Å². The van der Waals surface area contributed by atoms with Gasteiger partial charge in [0.15, 0.2) is 0 Å². The number of rotatable bonds is 7. The van der Waals surface area contributed by atoms with Crippen LogP contribution in [0.2, 0.25) is 0 Å². The fourth-order valence-corrected chi connectivity index (χ4v) is 3.83. The number of hydrogen-bond acceptors (Lipinski definition) is 4. The first-order valence-electron chi connectivity index (χ1n) is 11.3. The van der Waals surface area contributed by atoms with Crippen molar-refractivity contribution in [3.05, 3.63) is 108 Å². The lowest BCUT2D eigenvalue weighted by Gasteiger charge is -2.28. The summed E-state index contributed by atoms with van der Waals surface area (Å²) in [5.74, 6) is 3.29. The molecule has 0 heterocycles. The smallest absolute Gasteiger partial charge is 0.127 e. The number of hydrogen-bond donors (Lipinski definition) is 2. The van der Waals surface area contributed by atoms with Crippen molar-refractivity contribution in [3.8, 4) is 17.2 Å².